The van der Waals surface area contributed by atoms with Crippen molar-refractivity contribution in [3.63, 3.8) is 0 Å². The van der Waals surface area contributed by atoms with Crippen molar-refractivity contribution in [1.82, 2.24) is 0 Å². The molecule has 0 fully saturated rings. The van der Waals surface area contributed by atoms with Crippen molar-refractivity contribution in [3.05, 3.63) is 29.8 Å². The molecule has 0 aliphatic heterocycles. The molecule has 0 atom stereocenters. The molecule has 1 nitrogen and oxygen atoms in total. The van der Waals surface area contributed by atoms with Gasteiger partial charge in [-0.15, -0.1) is 11.6 Å². The molecule has 0 heterocycles. The van der Waals surface area contributed by atoms with Gasteiger partial charge in [-0.25, -0.2) is 0 Å². The fraction of sp³-hybridized carbons (Fsp3) is 0.333. The van der Waals surface area contributed by atoms with E-state index in [2.05, 4.69) is 0 Å². The molecule has 0 unspecified atom stereocenters. The van der Waals surface area contributed by atoms with Crippen LogP contribution in [0.15, 0.2) is 24.3 Å². The Morgan fingerprint density at radius 3 is 2.36 bits per heavy atom. The van der Waals surface area contributed by atoms with E-state index in [9.17, 15) is 0 Å². The molecule has 0 saturated carbocycles. The molecule has 0 amide bonds. The molecule has 0 aliphatic carbocycles. The average Bonchev–Trinajstić information content (AvgIpc) is 2.04. The van der Waals surface area contributed by atoms with Gasteiger partial charge in [0.15, 0.2) is 0 Å². The highest BCUT2D eigenvalue weighted by molar-refractivity contribution is 6.17. The Hall–Kier alpha value is -0.690. The highest BCUT2D eigenvalue weighted by Crippen LogP contribution is 2.07. The van der Waals surface area contributed by atoms with Gasteiger partial charge in [-0.05, 0) is 30.5 Å². The molecule has 60 valence electrons. The quantitative estimate of drug-likeness (QED) is 0.546. The van der Waals surface area contributed by atoms with Crippen LogP contribution in [0.1, 0.15) is 12.0 Å². The molecule has 0 saturated heterocycles. The van der Waals surface area contributed by atoms with Crippen LogP contribution in [0.4, 0.5) is 5.69 Å². The van der Waals surface area contributed by atoms with Gasteiger partial charge < -0.3 is 5.73 Å². The summed E-state index contributed by atoms with van der Waals surface area (Å²) in [6, 6.07) is 7.93. The number of halogens is 1. The number of benzene rings is 1. The second-order valence-corrected chi connectivity index (χ2v) is 2.91. The van der Waals surface area contributed by atoms with Gasteiger partial charge in [0, 0.05) is 11.6 Å². The van der Waals surface area contributed by atoms with E-state index in [1.165, 1.54) is 5.56 Å². The van der Waals surface area contributed by atoms with Gasteiger partial charge in [0.05, 0.1) is 0 Å². The lowest BCUT2D eigenvalue weighted by Gasteiger charge is -1.98. The van der Waals surface area contributed by atoms with Crippen LogP contribution < -0.4 is 5.73 Å². The highest BCUT2D eigenvalue weighted by atomic mass is 35.5. The van der Waals surface area contributed by atoms with E-state index in [4.69, 9.17) is 17.3 Å². The topological polar surface area (TPSA) is 26.0 Å². The van der Waals surface area contributed by atoms with Crippen LogP contribution in [0, 0.1) is 0 Å². The largest absolute Gasteiger partial charge is 0.399 e. The van der Waals surface area contributed by atoms with Crippen LogP contribution in [0.25, 0.3) is 0 Å². The summed E-state index contributed by atoms with van der Waals surface area (Å²) in [5.41, 5.74) is 7.65. The molecule has 0 radical (unpaired) electrons. The van der Waals surface area contributed by atoms with E-state index in [1.54, 1.807) is 0 Å². The van der Waals surface area contributed by atoms with E-state index in [1.807, 2.05) is 24.3 Å². The summed E-state index contributed by atoms with van der Waals surface area (Å²) < 4.78 is 0. The van der Waals surface area contributed by atoms with Crippen LogP contribution in [-0.4, -0.2) is 5.88 Å². The zero-order valence-electron chi connectivity index (χ0n) is 6.39. The van der Waals surface area contributed by atoms with Crippen molar-refractivity contribution < 1.29 is 0 Å². The molecule has 0 aromatic heterocycles. The zero-order chi connectivity index (χ0) is 8.10. The Balaban J connectivity index is 2.52. The molecule has 1 aromatic rings. The third kappa shape index (κ3) is 2.81. The van der Waals surface area contributed by atoms with E-state index in [0.717, 1.165) is 24.4 Å². The minimum absolute atomic E-state index is 0.727. The Labute approximate surface area is 72.2 Å². The van der Waals surface area contributed by atoms with Gasteiger partial charge in [0.2, 0.25) is 0 Å². The Kier molecular flexibility index (Phi) is 3.24. The summed E-state index contributed by atoms with van der Waals surface area (Å²) in [7, 11) is 0. The lowest BCUT2D eigenvalue weighted by atomic mass is 10.1. The first-order chi connectivity index (χ1) is 5.33. The Morgan fingerprint density at radius 1 is 1.18 bits per heavy atom. The minimum atomic E-state index is 0.727. The van der Waals surface area contributed by atoms with Gasteiger partial charge in [-0.1, -0.05) is 12.1 Å². The number of aryl methyl sites for hydroxylation is 1. The molecule has 1 aromatic carbocycles. The Bertz CT molecular complexity index is 205. The number of hydrogen-bond acceptors (Lipinski definition) is 1. The first kappa shape index (κ1) is 8.41. The number of nitrogens with two attached hydrogens (primary N) is 1. The van der Waals surface area contributed by atoms with Gasteiger partial charge in [0.25, 0.3) is 0 Å². The van der Waals surface area contributed by atoms with Crippen molar-refractivity contribution in [2.24, 2.45) is 0 Å². The van der Waals surface area contributed by atoms with Crippen molar-refractivity contribution in [2.45, 2.75) is 12.8 Å². The predicted octanol–water partition coefficient (Wildman–Crippen LogP) is 2.44. The van der Waals surface area contributed by atoms with Crippen molar-refractivity contribution in [3.8, 4) is 0 Å². The molecular formula is C9H12ClN. The number of hydrogen-bond donors (Lipinski definition) is 1. The monoisotopic (exact) mass is 169 g/mol. The van der Waals surface area contributed by atoms with Gasteiger partial charge in [0.1, 0.15) is 0 Å². The van der Waals surface area contributed by atoms with Crippen LogP contribution >= 0.6 is 11.6 Å². The van der Waals surface area contributed by atoms with Gasteiger partial charge >= 0.3 is 0 Å². The third-order valence-electron chi connectivity index (χ3n) is 1.58. The number of nitrogen functional groups attached to an aromatic ring is 1. The predicted molar refractivity (Wildman–Crippen MR) is 49.9 cm³/mol. The fourth-order valence-corrected chi connectivity index (χ4v) is 1.09. The van der Waals surface area contributed by atoms with Crippen LogP contribution in [0.2, 0.25) is 0 Å². The van der Waals surface area contributed by atoms with E-state index in [-0.39, 0.29) is 0 Å². The summed E-state index contributed by atoms with van der Waals surface area (Å²) in [5.74, 6) is 0.727. The van der Waals surface area contributed by atoms with Crippen LogP contribution in [0.3, 0.4) is 0 Å². The van der Waals surface area contributed by atoms with E-state index in [0.29, 0.717) is 0 Å². The molecule has 0 aliphatic rings. The minimum Gasteiger partial charge on any atom is -0.399 e. The maximum atomic E-state index is 5.56. The van der Waals surface area contributed by atoms with Gasteiger partial charge in [-0.2, -0.15) is 0 Å². The summed E-state index contributed by atoms with van der Waals surface area (Å²) in [6.45, 7) is 0. The van der Waals surface area contributed by atoms with Crippen molar-refractivity contribution in [2.75, 3.05) is 11.6 Å². The summed E-state index contributed by atoms with van der Waals surface area (Å²) in [5, 5.41) is 0. The number of anilines is 1. The smallest absolute Gasteiger partial charge is 0.0314 e. The lowest BCUT2D eigenvalue weighted by Crippen LogP contribution is -1.88. The molecule has 1 rings (SSSR count). The Morgan fingerprint density at radius 2 is 1.82 bits per heavy atom. The van der Waals surface area contributed by atoms with Crippen LogP contribution in [-0.2, 0) is 6.42 Å². The molecular weight excluding hydrogens is 158 g/mol. The SMILES string of the molecule is Nc1ccc(CCCCl)cc1. The lowest BCUT2D eigenvalue weighted by molar-refractivity contribution is 0.929. The summed E-state index contributed by atoms with van der Waals surface area (Å²) in [4.78, 5) is 0. The van der Waals surface area contributed by atoms with Crippen molar-refractivity contribution in [1.29, 1.82) is 0 Å². The van der Waals surface area contributed by atoms with Gasteiger partial charge in [-0.3, -0.25) is 0 Å². The average molecular weight is 170 g/mol. The van der Waals surface area contributed by atoms with Crippen molar-refractivity contribution >= 4 is 17.3 Å². The second kappa shape index (κ2) is 4.24. The first-order valence-electron chi connectivity index (χ1n) is 3.73. The van der Waals surface area contributed by atoms with E-state index >= 15 is 0 Å². The molecule has 11 heavy (non-hydrogen) atoms. The van der Waals surface area contributed by atoms with Crippen LogP contribution in [0.5, 0.6) is 0 Å². The third-order valence-corrected chi connectivity index (χ3v) is 1.85. The second-order valence-electron chi connectivity index (χ2n) is 2.53. The maximum Gasteiger partial charge on any atom is 0.0314 e. The zero-order valence-corrected chi connectivity index (χ0v) is 7.14. The summed E-state index contributed by atoms with van der Waals surface area (Å²) in [6.07, 6.45) is 2.08. The highest BCUT2D eigenvalue weighted by Gasteiger charge is 1.90. The number of alkyl halides is 1. The first-order valence-corrected chi connectivity index (χ1v) is 4.27. The standard InChI is InChI=1S/C9H12ClN/c10-7-1-2-8-3-5-9(11)6-4-8/h3-6H,1-2,7,11H2. The molecule has 2 N–H and O–H groups in total. The summed E-state index contributed by atoms with van der Waals surface area (Å²) >= 11 is 5.56. The maximum absolute atomic E-state index is 5.56. The molecule has 0 spiro atoms. The van der Waals surface area contributed by atoms with E-state index < -0.39 is 0 Å². The molecule has 0 bridgehead atoms. The number of rotatable bonds is 3. The fourth-order valence-electron chi connectivity index (χ4n) is 0.955. The normalized spacial score (nSPS) is 9.91. The molecule has 2 heteroatoms.